The van der Waals surface area contributed by atoms with E-state index in [2.05, 4.69) is 186 Å². The van der Waals surface area contributed by atoms with Crippen LogP contribution in [0, 0.1) is 90.8 Å². The molecule has 1 aromatic rings. The van der Waals surface area contributed by atoms with Crippen molar-refractivity contribution in [2.75, 3.05) is 133 Å². The smallest absolute Gasteiger partial charge is 0.322 e. The van der Waals surface area contributed by atoms with E-state index >= 15 is 0 Å². The molecule has 0 spiro atoms. The first kappa shape index (κ1) is 106. The number of aliphatic hydroxyl groups is 2. The number of allylic oxidation sites excluding steroid dienone is 2. The highest BCUT2D eigenvalue weighted by atomic mass is 31.2. The largest absolute Gasteiger partial charge is 0.491 e. The molecule has 1 aliphatic heterocycles. The van der Waals surface area contributed by atoms with Gasteiger partial charge in [0, 0.05) is 79.4 Å². The van der Waals surface area contributed by atoms with Crippen molar-refractivity contribution in [3.63, 3.8) is 0 Å². The number of benzene rings is 1. The molecule has 0 bridgehead atoms. The fourth-order valence-corrected chi connectivity index (χ4v) is 22.7. The third-order valence-corrected chi connectivity index (χ3v) is 30.3. The number of fused-ring (bicyclic) bond motifs is 6. The lowest BCUT2D eigenvalue weighted by atomic mass is 9.46. The van der Waals surface area contributed by atoms with Gasteiger partial charge in [-0.15, -0.1) is 0 Å². The normalized spacial score (nSPS) is 23.5. The Hall–Kier alpha value is -2.69. The fourth-order valence-electron chi connectivity index (χ4n) is 19.7. The highest BCUT2D eigenvalue weighted by molar-refractivity contribution is 7.45. The summed E-state index contributed by atoms with van der Waals surface area (Å²) in [5.74, 6) is 10.3. The number of aliphatic imine (C=N–C) groups is 2. The predicted octanol–water partition coefficient (Wildman–Crippen LogP) is 23.0. The molecule has 5 aliphatic rings. The number of amides is 1. The molecule has 1 amide bonds. The van der Waals surface area contributed by atoms with Crippen LogP contribution in [-0.2, 0) is 62.5 Å². The summed E-state index contributed by atoms with van der Waals surface area (Å²) in [4.78, 5) is 21.4. The van der Waals surface area contributed by atoms with Crippen molar-refractivity contribution < 1.29 is 78.5 Å². The summed E-state index contributed by atoms with van der Waals surface area (Å²) in [6, 6.07) is 0.871. The molecule has 3 saturated carbocycles. The van der Waals surface area contributed by atoms with Gasteiger partial charge in [0.2, 0.25) is 8.77 Å². The molecule has 0 aromatic heterocycles. The maximum Gasteiger partial charge on any atom is 0.322 e. The molecule has 3 N–H and O–H groups in total. The monoisotopic (exact) mass is 1770 g/mol. The van der Waals surface area contributed by atoms with Crippen molar-refractivity contribution in [3.8, 4) is 11.5 Å². The zero-order valence-electron chi connectivity index (χ0n) is 86.3. The van der Waals surface area contributed by atoms with Gasteiger partial charge in [-0.25, -0.2) is 9.34 Å². The van der Waals surface area contributed by atoms with Crippen molar-refractivity contribution in [3.05, 3.63) is 33.9 Å². The molecule has 0 radical (unpaired) electrons. The average Bonchev–Trinajstić information content (AvgIpc) is 1.48. The van der Waals surface area contributed by atoms with Gasteiger partial charge in [0.05, 0.1) is 98.1 Å². The molecule has 15 atom stereocenters. The Morgan fingerprint density at radius 1 is 0.590 bits per heavy atom. The summed E-state index contributed by atoms with van der Waals surface area (Å²) >= 11 is 0. The first-order valence-electron chi connectivity index (χ1n) is 50.3. The molecule has 714 valence electrons. The number of hydrogen-bond donors (Lipinski definition) is 3. The molecular weight excluding hydrogens is 1580 g/mol. The Labute approximate surface area is 755 Å². The van der Waals surface area contributed by atoms with Crippen molar-refractivity contribution in [2.45, 2.75) is 369 Å². The maximum absolute atomic E-state index is 13.0. The first-order valence-corrected chi connectivity index (χ1v) is 50.3. The van der Waals surface area contributed by atoms with Crippen LogP contribution in [0.3, 0.4) is 0 Å². The van der Waals surface area contributed by atoms with Gasteiger partial charge in [-0.2, -0.15) is 0 Å². The minimum absolute atomic E-state index is 0.0704. The minimum Gasteiger partial charge on any atom is -0.491 e. The number of nitrogens with zero attached hydrogens (tertiary/aromatic N) is 4. The van der Waals surface area contributed by atoms with Gasteiger partial charge in [0.1, 0.15) is 23.7 Å². The number of carbonyl (C=O) groups excluding carboxylic acids is 1. The highest BCUT2D eigenvalue weighted by Crippen LogP contribution is 2.68. The number of carbonyl (C=O) groups is 1. The Kier molecular flexibility index (Phi) is 55.2. The van der Waals surface area contributed by atoms with E-state index in [0.717, 1.165) is 102 Å². The van der Waals surface area contributed by atoms with Crippen LogP contribution >= 0.6 is 17.1 Å². The lowest BCUT2D eigenvalue weighted by Gasteiger charge is -2.58. The first-order chi connectivity index (χ1) is 60.2. The van der Waals surface area contributed by atoms with Crippen molar-refractivity contribution in [2.24, 2.45) is 80.0 Å². The number of nitrogens with one attached hydrogen (secondary N) is 1. The van der Waals surface area contributed by atoms with Gasteiger partial charge in [0.25, 0.3) is 0 Å². The Morgan fingerprint density at radius 3 is 1.56 bits per heavy atom. The fraction of sp³-hybridized carbons (Fsp3) is 0.889. The molecule has 1 aromatic carbocycles. The summed E-state index contributed by atoms with van der Waals surface area (Å²) in [5.41, 5.74) is 7.28. The van der Waals surface area contributed by atoms with Crippen LogP contribution in [0.25, 0.3) is 0 Å². The summed E-state index contributed by atoms with van der Waals surface area (Å²) in [6.45, 7) is 60.6. The molecule has 21 nitrogen and oxygen atoms in total. The second-order valence-corrected chi connectivity index (χ2v) is 41.0. The number of hydrogen-bond acceptors (Lipinski definition) is 20. The Balaban J connectivity index is 0.000000613. The standard InChI is InChI=1S/C50H92N3O7P.C47H87N2O7P.2CH4O/c1-12-51-36-59-61(53(38(4)5)39(6)7)60-41(9)35-58-32-31-57-30-29-56-28-27-55-26-14-25-52-48(54)34-42-21-23-49(10)43(33-42)17-18-44-46-20-19-45(40(8)16-13-15-37(2)3)50(46,11)24-22-47(44)49;1-15-48-34-54-57(49(36(4)5)37(6)7)56-40(10)33-52-30-29-50-27-28-51-31-32-53-45-41(11)42(12)46-44(43(45)13)24-26-47(14,55-46)25-18-23-39(9)22-17-21-38(8)20-16-19-35(2)3;2*1-2/h17,36-42,44-47H,12-16,18-35H2,1-11H3,(H,52,54);34-40H,15-33H2,1-14H3;2*2H,1H3/t40-,41?,42+,44?,45?,46?,47?,49+,50-,61?;;;/m1.../s1/i9D;10D;2*2T. The van der Waals surface area contributed by atoms with Gasteiger partial charge in [-0.1, -0.05) is 138 Å². The van der Waals surface area contributed by atoms with Crippen LogP contribution in [0.4, 0.5) is 0 Å². The van der Waals surface area contributed by atoms with Crippen molar-refractivity contribution >= 4 is 35.8 Å². The van der Waals surface area contributed by atoms with Crippen LogP contribution < -0.4 is 14.8 Å². The molecule has 6 rings (SSSR count). The molecule has 3 fully saturated rings. The molecule has 11 unspecified atom stereocenters. The van der Waals surface area contributed by atoms with E-state index in [9.17, 15) is 4.79 Å². The van der Waals surface area contributed by atoms with E-state index in [1.54, 1.807) is 5.57 Å². The quantitative estimate of drug-likeness (QED) is 0.0181. The van der Waals surface area contributed by atoms with Crippen LogP contribution in [0.5, 0.6) is 11.5 Å². The highest BCUT2D eigenvalue weighted by Gasteiger charge is 2.59. The number of ether oxygens (including phenoxy) is 9. The van der Waals surface area contributed by atoms with Gasteiger partial charge in [0.15, 0.2) is 12.8 Å². The van der Waals surface area contributed by atoms with Crippen LogP contribution in [-0.4, -0.2) is 216 Å². The molecular formula is C99H187N5O16P2. The molecule has 0 saturated heterocycles. The Bertz CT molecular complexity index is 3050. The van der Waals surface area contributed by atoms with E-state index < -0.39 is 29.3 Å². The van der Waals surface area contributed by atoms with Crippen LogP contribution in [0.1, 0.15) is 325 Å². The zero-order chi connectivity index (χ0) is 93.6. The van der Waals surface area contributed by atoms with E-state index in [4.69, 9.17) is 66.3 Å². The SMILES string of the molecule is [2H]CC(COCCOCCOCCOCCCNC(=O)C[C@H]1CC[C@@]2(C)C(=CCC3C4CCC([C@H](C)CCCC(C)C)[C@@]4(C)CCC32)C1)OP(OC=NCC)N(C(C)C)C(C)C.[2H]CC(COCCOCCOCCOc1c(C)c(C)c2c(c1C)CCC(C)(CCCC(C)CCCC(C)CCCC(C)C)O2)OP(OC=NCC)N(C(C)C)C(C)C.[3H]OC.[3H]OC. The maximum atomic E-state index is 13.0. The second kappa shape index (κ2) is 63.4. The van der Waals surface area contributed by atoms with Gasteiger partial charge >= 0.3 is 17.1 Å². The summed E-state index contributed by atoms with van der Waals surface area (Å²) in [7, 11) is -0.242. The molecule has 23 heteroatoms. The molecule has 1 heterocycles. The second-order valence-electron chi connectivity index (χ2n) is 38.3. The molecule has 4 aliphatic carbocycles. The van der Waals surface area contributed by atoms with Crippen LogP contribution in [0.15, 0.2) is 21.6 Å². The van der Waals surface area contributed by atoms with E-state index in [-0.39, 0.29) is 49.5 Å². The van der Waals surface area contributed by atoms with Crippen molar-refractivity contribution in [1.82, 2.24) is 14.7 Å². The third kappa shape index (κ3) is 40.8. The third-order valence-electron chi connectivity index (χ3n) is 26.2. The van der Waals surface area contributed by atoms with E-state index in [1.165, 1.54) is 159 Å². The van der Waals surface area contributed by atoms with E-state index in [1.807, 2.05) is 13.8 Å². The molecule has 122 heavy (non-hydrogen) atoms. The van der Waals surface area contributed by atoms with E-state index in [0.29, 0.717) is 142 Å². The Morgan fingerprint density at radius 2 is 1.07 bits per heavy atom. The predicted molar refractivity (Wildman–Crippen MR) is 508 cm³/mol. The average molecular weight is 1770 g/mol. The summed E-state index contributed by atoms with van der Waals surface area (Å²) < 4.78 is 109. The topological polar surface area (TPSA) is 221 Å². The minimum atomic E-state index is -1.41. The van der Waals surface area contributed by atoms with Crippen LogP contribution in [0.2, 0.25) is 0 Å². The van der Waals surface area contributed by atoms with Gasteiger partial charge in [-0.3, -0.25) is 14.8 Å². The summed E-state index contributed by atoms with van der Waals surface area (Å²) in [5, 5.41) is 10.2. The van der Waals surface area contributed by atoms with Gasteiger partial charge < -0.3 is 76.3 Å². The summed E-state index contributed by atoms with van der Waals surface area (Å²) in [6.07, 6.45) is 34.8. The van der Waals surface area contributed by atoms with Gasteiger partial charge in [-0.05, 0) is 281 Å². The number of aliphatic hydroxyl groups excluding tert-OH is 2. The lowest BCUT2D eigenvalue weighted by Crippen LogP contribution is -2.50. The lowest BCUT2D eigenvalue weighted by molar-refractivity contribution is -0.122. The number of rotatable bonds is 62. The zero-order valence-corrected chi connectivity index (χ0v) is 84.1. The van der Waals surface area contributed by atoms with Crippen molar-refractivity contribution in [1.29, 1.82) is 2.86 Å².